The van der Waals surface area contributed by atoms with E-state index in [0.717, 1.165) is 4.88 Å². The van der Waals surface area contributed by atoms with Crippen molar-refractivity contribution in [2.75, 3.05) is 11.9 Å². The lowest BCUT2D eigenvalue weighted by Crippen LogP contribution is -2.20. The highest BCUT2D eigenvalue weighted by molar-refractivity contribution is 7.10. The summed E-state index contributed by atoms with van der Waals surface area (Å²) in [6, 6.07) is 9.38. The van der Waals surface area contributed by atoms with Crippen LogP contribution in [-0.2, 0) is 14.3 Å². The van der Waals surface area contributed by atoms with Gasteiger partial charge in [-0.3, -0.25) is 4.79 Å². The van der Waals surface area contributed by atoms with E-state index in [2.05, 4.69) is 10.1 Å². The average molecular weight is 353 g/mol. The fourth-order valence-corrected chi connectivity index (χ4v) is 2.29. The Balaban J connectivity index is 1.84. The topological polar surface area (TPSA) is 64.6 Å². The van der Waals surface area contributed by atoms with Crippen LogP contribution in [-0.4, -0.2) is 25.1 Å². The van der Waals surface area contributed by atoms with E-state index in [4.69, 9.17) is 4.74 Å². The van der Waals surface area contributed by atoms with Crippen LogP contribution in [0, 0.1) is 0 Å². The third-order valence-corrected chi connectivity index (χ3v) is 3.49. The van der Waals surface area contributed by atoms with Crippen molar-refractivity contribution in [1.82, 2.24) is 0 Å². The molecule has 5 nitrogen and oxygen atoms in total. The molecule has 0 bridgehead atoms. The molecule has 8 heteroatoms. The normalized spacial score (nSPS) is 10.8. The summed E-state index contributed by atoms with van der Waals surface area (Å²) >= 11 is 1.45. The second-order valence-corrected chi connectivity index (χ2v) is 5.36. The highest BCUT2D eigenvalue weighted by Gasteiger charge is 2.12. The number of esters is 1. The van der Waals surface area contributed by atoms with Gasteiger partial charge in [0.05, 0.1) is 5.69 Å². The van der Waals surface area contributed by atoms with E-state index < -0.39 is 25.1 Å². The maximum atomic E-state index is 12.3. The van der Waals surface area contributed by atoms with Crippen molar-refractivity contribution in [2.45, 2.75) is 6.61 Å². The number of anilines is 1. The summed E-state index contributed by atoms with van der Waals surface area (Å²) in [6.45, 7) is -3.56. The van der Waals surface area contributed by atoms with Crippen LogP contribution in [0.3, 0.4) is 0 Å². The molecular formula is C16H13F2NO4S. The van der Waals surface area contributed by atoms with Crippen molar-refractivity contribution in [1.29, 1.82) is 0 Å². The molecule has 0 radical (unpaired) electrons. The molecule has 1 aromatic carbocycles. The quantitative estimate of drug-likeness (QED) is 0.611. The third kappa shape index (κ3) is 5.81. The van der Waals surface area contributed by atoms with Gasteiger partial charge < -0.3 is 14.8 Å². The van der Waals surface area contributed by atoms with Gasteiger partial charge in [0.25, 0.3) is 5.91 Å². The molecule has 24 heavy (non-hydrogen) atoms. The number of alkyl halides is 2. The molecule has 0 fully saturated rings. The Labute approximate surface area is 140 Å². The monoisotopic (exact) mass is 353 g/mol. The van der Waals surface area contributed by atoms with Gasteiger partial charge in [-0.15, -0.1) is 11.3 Å². The summed E-state index contributed by atoms with van der Waals surface area (Å²) in [7, 11) is 0. The third-order valence-electron chi connectivity index (χ3n) is 2.65. The number of thiophene rings is 1. The maximum Gasteiger partial charge on any atom is 0.387 e. The lowest BCUT2D eigenvalue weighted by atomic mass is 10.3. The Bertz CT molecular complexity index is 717. The van der Waals surface area contributed by atoms with E-state index in [1.165, 1.54) is 35.6 Å². The summed E-state index contributed by atoms with van der Waals surface area (Å²) in [6.07, 6.45) is 2.77. The molecule has 0 aliphatic carbocycles. The fraction of sp³-hybridized carbons (Fsp3) is 0.125. The zero-order chi connectivity index (χ0) is 17.4. The molecule has 0 aliphatic rings. The van der Waals surface area contributed by atoms with Crippen LogP contribution in [0.2, 0.25) is 0 Å². The first-order valence-corrected chi connectivity index (χ1v) is 7.64. The number of ether oxygens (including phenoxy) is 2. The summed E-state index contributed by atoms with van der Waals surface area (Å²) in [4.78, 5) is 24.1. The minimum atomic E-state index is -3.01. The molecular weight excluding hydrogens is 340 g/mol. The van der Waals surface area contributed by atoms with Crippen molar-refractivity contribution < 1.29 is 27.8 Å². The predicted molar refractivity (Wildman–Crippen MR) is 86.0 cm³/mol. The van der Waals surface area contributed by atoms with Gasteiger partial charge in [-0.2, -0.15) is 8.78 Å². The summed E-state index contributed by atoms with van der Waals surface area (Å²) in [5.74, 6) is -1.53. The van der Waals surface area contributed by atoms with Crippen molar-refractivity contribution in [3.63, 3.8) is 0 Å². The molecule has 1 N–H and O–H groups in total. The molecule has 0 saturated heterocycles. The van der Waals surface area contributed by atoms with Gasteiger partial charge in [0.2, 0.25) is 0 Å². The number of hydrogen-bond donors (Lipinski definition) is 1. The minimum Gasteiger partial charge on any atom is -0.452 e. The fourth-order valence-electron chi connectivity index (χ4n) is 1.68. The zero-order valence-electron chi connectivity index (χ0n) is 12.3. The summed E-state index contributed by atoms with van der Waals surface area (Å²) < 4.78 is 33.6. The summed E-state index contributed by atoms with van der Waals surface area (Å²) in [5.41, 5.74) is 0.0629. The van der Waals surface area contributed by atoms with Gasteiger partial charge in [0.1, 0.15) is 5.75 Å². The van der Waals surface area contributed by atoms with Crippen molar-refractivity contribution in [2.24, 2.45) is 0 Å². The van der Waals surface area contributed by atoms with Crippen molar-refractivity contribution >= 4 is 35.0 Å². The van der Waals surface area contributed by atoms with Gasteiger partial charge in [-0.25, -0.2) is 4.79 Å². The van der Waals surface area contributed by atoms with Crippen LogP contribution in [0.1, 0.15) is 4.88 Å². The average Bonchev–Trinajstić information content (AvgIpc) is 3.06. The summed E-state index contributed by atoms with van der Waals surface area (Å²) in [5, 5.41) is 4.20. The maximum absolute atomic E-state index is 12.3. The van der Waals surface area contributed by atoms with E-state index in [-0.39, 0.29) is 11.4 Å². The Morgan fingerprint density at radius 3 is 2.71 bits per heavy atom. The predicted octanol–water partition coefficient (Wildman–Crippen LogP) is 3.54. The molecule has 2 aromatic rings. The zero-order valence-corrected chi connectivity index (χ0v) is 13.1. The van der Waals surface area contributed by atoms with Crippen LogP contribution < -0.4 is 10.1 Å². The number of carbonyl (C=O) groups excluding carboxylic acids is 2. The van der Waals surface area contributed by atoms with Crippen molar-refractivity contribution in [3.8, 4) is 5.75 Å². The largest absolute Gasteiger partial charge is 0.452 e. The number of nitrogens with one attached hydrogen (secondary N) is 1. The molecule has 0 spiro atoms. The van der Waals surface area contributed by atoms with Crippen LogP contribution in [0.15, 0.2) is 47.9 Å². The van der Waals surface area contributed by atoms with Gasteiger partial charge in [-0.05, 0) is 29.7 Å². The first-order chi connectivity index (χ1) is 11.5. The lowest BCUT2D eigenvalue weighted by molar-refractivity contribution is -0.142. The van der Waals surface area contributed by atoms with E-state index in [1.807, 2.05) is 17.5 Å². The highest BCUT2D eigenvalue weighted by atomic mass is 32.1. The van der Waals surface area contributed by atoms with Crippen LogP contribution in [0.5, 0.6) is 5.75 Å². The number of amides is 1. The first kappa shape index (κ1) is 17.6. The molecule has 0 aliphatic heterocycles. The van der Waals surface area contributed by atoms with E-state index >= 15 is 0 Å². The molecule has 0 saturated carbocycles. The molecule has 126 valence electrons. The second kappa shape index (κ2) is 8.78. The Kier molecular flexibility index (Phi) is 6.44. The van der Waals surface area contributed by atoms with Crippen LogP contribution >= 0.6 is 11.3 Å². The van der Waals surface area contributed by atoms with Gasteiger partial charge in [0, 0.05) is 11.0 Å². The first-order valence-electron chi connectivity index (χ1n) is 6.76. The highest BCUT2D eigenvalue weighted by Crippen LogP contribution is 2.25. The number of rotatable bonds is 7. The minimum absolute atomic E-state index is 0.0629. The molecule has 0 atom stereocenters. The Hall–Kier alpha value is -2.74. The number of halogens is 2. The number of para-hydroxylation sites is 2. The molecule has 1 heterocycles. The molecule has 1 aromatic heterocycles. The van der Waals surface area contributed by atoms with E-state index in [0.29, 0.717) is 0 Å². The standard InChI is InChI=1S/C16H13F2NO4S/c17-16(18)23-13-6-2-1-5-12(13)19-14(20)10-22-15(21)8-7-11-4-3-9-24-11/h1-9,16H,10H2,(H,19,20)/b8-7+. The number of hydrogen-bond acceptors (Lipinski definition) is 5. The number of benzene rings is 1. The van der Waals surface area contributed by atoms with Gasteiger partial charge in [0.15, 0.2) is 6.61 Å². The van der Waals surface area contributed by atoms with E-state index in [9.17, 15) is 18.4 Å². The Morgan fingerprint density at radius 1 is 1.21 bits per heavy atom. The second-order valence-electron chi connectivity index (χ2n) is 4.38. The van der Waals surface area contributed by atoms with Gasteiger partial charge in [-0.1, -0.05) is 18.2 Å². The molecule has 1 amide bonds. The van der Waals surface area contributed by atoms with Crippen molar-refractivity contribution in [3.05, 3.63) is 52.7 Å². The van der Waals surface area contributed by atoms with Gasteiger partial charge >= 0.3 is 12.6 Å². The SMILES string of the molecule is O=C(COC(=O)/C=C/c1cccs1)Nc1ccccc1OC(F)F. The number of carbonyl (C=O) groups is 2. The van der Waals surface area contributed by atoms with E-state index in [1.54, 1.807) is 12.1 Å². The smallest absolute Gasteiger partial charge is 0.387 e. The lowest BCUT2D eigenvalue weighted by Gasteiger charge is -2.11. The van der Waals surface area contributed by atoms with Crippen LogP contribution in [0.4, 0.5) is 14.5 Å². The Morgan fingerprint density at radius 2 is 2.00 bits per heavy atom. The van der Waals surface area contributed by atoms with Crippen LogP contribution in [0.25, 0.3) is 6.08 Å². The molecule has 2 rings (SSSR count). The molecule has 0 unspecified atom stereocenters.